The van der Waals surface area contributed by atoms with Crippen molar-refractivity contribution >= 4 is 15.7 Å². The Labute approximate surface area is 85.0 Å². The first-order valence-corrected chi connectivity index (χ1v) is 6.83. The molecule has 0 spiro atoms. The van der Waals surface area contributed by atoms with Gasteiger partial charge in [-0.05, 0) is 25.7 Å². The van der Waals surface area contributed by atoms with E-state index in [4.69, 9.17) is 0 Å². The topological polar surface area (TPSA) is 63.2 Å². The Morgan fingerprint density at radius 1 is 1.36 bits per heavy atom. The first kappa shape index (κ1) is 11.5. The minimum Gasteiger partial charge on any atom is -0.356 e. The summed E-state index contributed by atoms with van der Waals surface area (Å²) in [5, 5.41) is 2.73. The van der Waals surface area contributed by atoms with Crippen molar-refractivity contribution in [2.75, 3.05) is 18.1 Å². The van der Waals surface area contributed by atoms with Crippen LogP contribution in [0.25, 0.3) is 0 Å². The average Bonchev–Trinajstić information content (AvgIpc) is 2.09. The highest BCUT2D eigenvalue weighted by Gasteiger charge is 2.24. The Bertz CT molecular complexity index is 283. The second-order valence-electron chi connectivity index (χ2n) is 3.75. The number of carbonyl (C=O) groups is 1. The average molecular weight is 219 g/mol. The molecule has 0 aromatic rings. The van der Waals surface area contributed by atoms with E-state index in [-0.39, 0.29) is 23.3 Å². The SMILES string of the molecule is CCNC(=O)CC1CCS(=O)(=O)CC1. The summed E-state index contributed by atoms with van der Waals surface area (Å²) in [5.41, 5.74) is 0. The molecular formula is C9H17NO3S. The molecule has 1 N–H and O–H groups in total. The third-order valence-corrected chi connectivity index (χ3v) is 4.24. The van der Waals surface area contributed by atoms with Crippen LogP contribution in [0, 0.1) is 5.92 Å². The van der Waals surface area contributed by atoms with Crippen LogP contribution in [0.15, 0.2) is 0 Å². The summed E-state index contributed by atoms with van der Waals surface area (Å²) in [6.45, 7) is 2.52. The van der Waals surface area contributed by atoms with E-state index in [9.17, 15) is 13.2 Å². The third kappa shape index (κ3) is 3.65. The van der Waals surface area contributed by atoms with Gasteiger partial charge >= 0.3 is 0 Å². The fourth-order valence-electron chi connectivity index (χ4n) is 1.67. The predicted molar refractivity (Wildman–Crippen MR) is 54.7 cm³/mol. The van der Waals surface area contributed by atoms with E-state index >= 15 is 0 Å². The Hall–Kier alpha value is -0.580. The van der Waals surface area contributed by atoms with Gasteiger partial charge in [-0.2, -0.15) is 0 Å². The second kappa shape index (κ2) is 4.77. The van der Waals surface area contributed by atoms with Gasteiger partial charge in [-0.1, -0.05) is 0 Å². The molecule has 0 bridgehead atoms. The van der Waals surface area contributed by atoms with E-state index in [0.29, 0.717) is 25.8 Å². The molecule has 0 aliphatic carbocycles. The predicted octanol–water partition coefficient (Wildman–Crippen LogP) is 0.337. The zero-order chi connectivity index (χ0) is 10.6. The molecule has 1 aliphatic rings. The molecule has 14 heavy (non-hydrogen) atoms. The maximum Gasteiger partial charge on any atom is 0.220 e. The summed E-state index contributed by atoms with van der Waals surface area (Å²) >= 11 is 0. The molecule has 1 aliphatic heterocycles. The molecule has 1 saturated heterocycles. The molecule has 0 aromatic carbocycles. The highest BCUT2D eigenvalue weighted by molar-refractivity contribution is 7.91. The Balaban J connectivity index is 2.32. The first-order valence-electron chi connectivity index (χ1n) is 5.00. The van der Waals surface area contributed by atoms with E-state index in [2.05, 4.69) is 5.32 Å². The maximum atomic E-state index is 11.2. The van der Waals surface area contributed by atoms with Gasteiger partial charge in [-0.3, -0.25) is 4.79 Å². The van der Waals surface area contributed by atoms with Gasteiger partial charge in [0.25, 0.3) is 0 Å². The molecule has 0 atom stereocenters. The summed E-state index contributed by atoms with van der Waals surface area (Å²) in [4.78, 5) is 11.2. The zero-order valence-corrected chi connectivity index (χ0v) is 9.27. The molecular weight excluding hydrogens is 202 g/mol. The van der Waals surface area contributed by atoms with Gasteiger partial charge in [0, 0.05) is 13.0 Å². The largest absolute Gasteiger partial charge is 0.356 e. The quantitative estimate of drug-likeness (QED) is 0.744. The number of carbonyl (C=O) groups excluding carboxylic acids is 1. The lowest BCUT2D eigenvalue weighted by Crippen LogP contribution is -2.29. The smallest absolute Gasteiger partial charge is 0.220 e. The molecule has 1 amide bonds. The number of nitrogens with one attached hydrogen (secondary N) is 1. The second-order valence-corrected chi connectivity index (χ2v) is 6.06. The van der Waals surface area contributed by atoms with Crippen molar-refractivity contribution < 1.29 is 13.2 Å². The lowest BCUT2D eigenvalue weighted by molar-refractivity contribution is -0.121. The summed E-state index contributed by atoms with van der Waals surface area (Å²) in [7, 11) is -2.80. The van der Waals surface area contributed by atoms with Gasteiger partial charge in [-0.15, -0.1) is 0 Å². The van der Waals surface area contributed by atoms with Crippen LogP contribution in [0.1, 0.15) is 26.2 Å². The van der Waals surface area contributed by atoms with Crippen molar-refractivity contribution in [2.24, 2.45) is 5.92 Å². The van der Waals surface area contributed by atoms with Crippen LogP contribution in [0.3, 0.4) is 0 Å². The number of rotatable bonds is 3. The molecule has 0 aromatic heterocycles. The van der Waals surface area contributed by atoms with E-state index in [1.807, 2.05) is 6.92 Å². The summed E-state index contributed by atoms with van der Waals surface area (Å²) in [5.74, 6) is 0.788. The number of sulfone groups is 1. The Morgan fingerprint density at radius 2 is 1.93 bits per heavy atom. The van der Waals surface area contributed by atoms with Crippen LogP contribution >= 0.6 is 0 Å². The standard InChI is InChI=1S/C9H17NO3S/c1-2-10-9(11)7-8-3-5-14(12,13)6-4-8/h8H,2-7H2,1H3,(H,10,11). The van der Waals surface area contributed by atoms with Crippen molar-refractivity contribution in [3.63, 3.8) is 0 Å². The molecule has 5 heteroatoms. The summed E-state index contributed by atoms with van der Waals surface area (Å²) in [6.07, 6.45) is 1.75. The van der Waals surface area contributed by atoms with Crippen LogP contribution in [0.5, 0.6) is 0 Å². The molecule has 1 rings (SSSR count). The van der Waals surface area contributed by atoms with E-state index in [1.165, 1.54) is 0 Å². The molecule has 0 unspecified atom stereocenters. The van der Waals surface area contributed by atoms with Crippen molar-refractivity contribution in [2.45, 2.75) is 26.2 Å². The first-order chi connectivity index (χ1) is 6.53. The van der Waals surface area contributed by atoms with Gasteiger partial charge in [0.2, 0.25) is 5.91 Å². The minimum atomic E-state index is -2.80. The Morgan fingerprint density at radius 3 is 2.43 bits per heavy atom. The summed E-state index contributed by atoms with van der Waals surface area (Å²) in [6, 6.07) is 0. The Kier molecular flexibility index (Phi) is 3.92. The summed E-state index contributed by atoms with van der Waals surface area (Å²) < 4.78 is 22.2. The fraction of sp³-hybridized carbons (Fsp3) is 0.889. The van der Waals surface area contributed by atoms with Crippen LogP contribution in [-0.2, 0) is 14.6 Å². The molecule has 4 nitrogen and oxygen atoms in total. The van der Waals surface area contributed by atoms with Gasteiger partial charge in [0.15, 0.2) is 0 Å². The molecule has 1 fully saturated rings. The number of hydrogen-bond donors (Lipinski definition) is 1. The van der Waals surface area contributed by atoms with Crippen molar-refractivity contribution in [1.82, 2.24) is 5.32 Å². The van der Waals surface area contributed by atoms with Gasteiger partial charge in [0.05, 0.1) is 11.5 Å². The zero-order valence-electron chi connectivity index (χ0n) is 8.45. The number of amides is 1. The minimum absolute atomic E-state index is 0.0387. The van der Waals surface area contributed by atoms with Crippen molar-refractivity contribution in [1.29, 1.82) is 0 Å². The third-order valence-electron chi connectivity index (χ3n) is 2.52. The van der Waals surface area contributed by atoms with Crippen LogP contribution in [0.2, 0.25) is 0 Å². The normalized spacial score (nSPS) is 21.8. The highest BCUT2D eigenvalue weighted by Crippen LogP contribution is 2.21. The van der Waals surface area contributed by atoms with Crippen LogP contribution in [-0.4, -0.2) is 32.4 Å². The number of hydrogen-bond acceptors (Lipinski definition) is 3. The fourth-order valence-corrected chi connectivity index (χ4v) is 3.26. The molecule has 0 saturated carbocycles. The molecule has 82 valence electrons. The van der Waals surface area contributed by atoms with Gasteiger partial charge in [0.1, 0.15) is 9.84 Å². The van der Waals surface area contributed by atoms with Crippen molar-refractivity contribution in [3.05, 3.63) is 0 Å². The van der Waals surface area contributed by atoms with E-state index in [1.54, 1.807) is 0 Å². The van der Waals surface area contributed by atoms with Gasteiger partial charge < -0.3 is 5.32 Å². The monoisotopic (exact) mass is 219 g/mol. The van der Waals surface area contributed by atoms with Crippen LogP contribution in [0.4, 0.5) is 0 Å². The van der Waals surface area contributed by atoms with E-state index < -0.39 is 9.84 Å². The lowest BCUT2D eigenvalue weighted by atomic mass is 9.98. The lowest BCUT2D eigenvalue weighted by Gasteiger charge is -2.20. The molecule has 0 radical (unpaired) electrons. The highest BCUT2D eigenvalue weighted by atomic mass is 32.2. The van der Waals surface area contributed by atoms with Gasteiger partial charge in [-0.25, -0.2) is 8.42 Å². The van der Waals surface area contributed by atoms with Crippen LogP contribution < -0.4 is 5.32 Å². The van der Waals surface area contributed by atoms with E-state index in [0.717, 1.165) is 0 Å². The molecule has 1 heterocycles. The maximum absolute atomic E-state index is 11.2. The van der Waals surface area contributed by atoms with Crippen molar-refractivity contribution in [3.8, 4) is 0 Å².